The average molecular weight is 277 g/mol. The zero-order valence-corrected chi connectivity index (χ0v) is 13.0. The topological polar surface area (TPSA) is 58.4 Å². The summed E-state index contributed by atoms with van der Waals surface area (Å²) in [6, 6.07) is 9.90. The zero-order valence-electron chi connectivity index (χ0n) is 13.0. The molecule has 0 spiro atoms. The molecule has 0 aliphatic rings. The number of carbonyl (C=O) groups excluding carboxylic acids is 1. The maximum absolute atomic E-state index is 12.0. The Morgan fingerprint density at radius 2 is 1.85 bits per heavy atom. The summed E-state index contributed by atoms with van der Waals surface area (Å²) in [7, 11) is 4.02. The summed E-state index contributed by atoms with van der Waals surface area (Å²) in [5.74, 6) is 0.357. The van der Waals surface area contributed by atoms with Gasteiger partial charge in [0.25, 0.3) is 0 Å². The lowest BCUT2D eigenvalue weighted by molar-refractivity contribution is -0.122. The smallest absolute Gasteiger partial charge is 0.236 e. The minimum atomic E-state index is -0.423. The first-order chi connectivity index (χ1) is 9.41. The van der Waals surface area contributed by atoms with E-state index in [2.05, 4.69) is 36.2 Å². The predicted molar refractivity (Wildman–Crippen MR) is 83.3 cm³/mol. The highest BCUT2D eigenvalue weighted by Gasteiger charge is 2.18. The second kappa shape index (κ2) is 8.02. The second-order valence-corrected chi connectivity index (χ2v) is 5.87. The molecule has 112 valence electrons. The molecular formula is C16H27N3O. The summed E-state index contributed by atoms with van der Waals surface area (Å²) >= 11 is 0. The first kappa shape index (κ1) is 16.7. The monoisotopic (exact) mass is 277 g/mol. The number of nitrogens with two attached hydrogens (primary N) is 1. The Hall–Kier alpha value is -1.39. The minimum absolute atomic E-state index is 0.0681. The van der Waals surface area contributed by atoms with Crippen molar-refractivity contribution in [3.8, 4) is 0 Å². The van der Waals surface area contributed by atoms with Crippen molar-refractivity contribution in [3.05, 3.63) is 35.9 Å². The number of amides is 1. The Morgan fingerprint density at radius 3 is 2.35 bits per heavy atom. The minimum Gasteiger partial charge on any atom is -0.353 e. The number of hydrogen-bond acceptors (Lipinski definition) is 3. The summed E-state index contributed by atoms with van der Waals surface area (Å²) in [6.07, 6.45) is 0.712. The van der Waals surface area contributed by atoms with Crippen molar-refractivity contribution in [3.63, 3.8) is 0 Å². The lowest BCUT2D eigenvalue weighted by atomic mass is 10.0. The van der Waals surface area contributed by atoms with Crippen molar-refractivity contribution < 1.29 is 4.79 Å². The molecule has 20 heavy (non-hydrogen) atoms. The van der Waals surface area contributed by atoms with E-state index < -0.39 is 6.04 Å². The molecule has 3 N–H and O–H groups in total. The molecule has 0 aliphatic carbocycles. The third kappa shape index (κ3) is 5.31. The third-order valence-electron chi connectivity index (χ3n) is 3.34. The van der Waals surface area contributed by atoms with Gasteiger partial charge in [0.1, 0.15) is 0 Å². The van der Waals surface area contributed by atoms with Crippen LogP contribution in [0.2, 0.25) is 0 Å². The highest BCUT2D eigenvalue weighted by molar-refractivity contribution is 5.81. The number of nitrogens with zero attached hydrogens (tertiary/aromatic N) is 1. The lowest BCUT2D eigenvalue weighted by Crippen LogP contribution is -2.44. The van der Waals surface area contributed by atoms with Gasteiger partial charge < -0.3 is 16.0 Å². The van der Waals surface area contributed by atoms with Crippen LogP contribution in [0.4, 0.5) is 0 Å². The van der Waals surface area contributed by atoms with E-state index >= 15 is 0 Å². The molecule has 1 aromatic carbocycles. The molecule has 4 nitrogen and oxygen atoms in total. The summed E-state index contributed by atoms with van der Waals surface area (Å²) in [5.41, 5.74) is 7.08. The molecule has 0 saturated heterocycles. The maximum Gasteiger partial charge on any atom is 0.236 e. The fourth-order valence-corrected chi connectivity index (χ4v) is 2.22. The molecule has 1 amide bonds. The molecule has 0 heterocycles. The number of rotatable bonds is 7. The van der Waals surface area contributed by atoms with Gasteiger partial charge in [-0.2, -0.15) is 0 Å². The van der Waals surface area contributed by atoms with Gasteiger partial charge in [-0.05, 0) is 32.0 Å². The van der Waals surface area contributed by atoms with Crippen molar-refractivity contribution in [2.24, 2.45) is 11.7 Å². The van der Waals surface area contributed by atoms with Crippen LogP contribution < -0.4 is 11.1 Å². The molecule has 2 unspecified atom stereocenters. The van der Waals surface area contributed by atoms with Gasteiger partial charge in [-0.3, -0.25) is 4.79 Å². The molecule has 0 fully saturated rings. The molecule has 0 bridgehead atoms. The van der Waals surface area contributed by atoms with E-state index in [0.29, 0.717) is 18.9 Å². The Morgan fingerprint density at radius 1 is 1.25 bits per heavy atom. The molecular weight excluding hydrogens is 250 g/mol. The standard InChI is InChI=1S/C16H27N3O/c1-12(2)10-14(17)16(20)18-11-15(19(3)4)13-8-6-5-7-9-13/h5-9,12,14-15H,10-11,17H2,1-4H3,(H,18,20). The fourth-order valence-electron chi connectivity index (χ4n) is 2.22. The number of nitrogens with one attached hydrogen (secondary N) is 1. The molecule has 2 atom stereocenters. The van der Waals surface area contributed by atoms with Crippen LogP contribution in [0.15, 0.2) is 30.3 Å². The van der Waals surface area contributed by atoms with E-state index in [-0.39, 0.29) is 11.9 Å². The summed E-state index contributed by atoms with van der Waals surface area (Å²) in [6.45, 7) is 4.71. The van der Waals surface area contributed by atoms with Gasteiger partial charge in [-0.15, -0.1) is 0 Å². The van der Waals surface area contributed by atoms with Gasteiger partial charge in [-0.25, -0.2) is 0 Å². The van der Waals surface area contributed by atoms with E-state index in [1.807, 2.05) is 32.3 Å². The van der Waals surface area contributed by atoms with E-state index in [1.54, 1.807) is 0 Å². The van der Waals surface area contributed by atoms with Crippen LogP contribution in [0.25, 0.3) is 0 Å². The average Bonchev–Trinajstić information content (AvgIpc) is 2.38. The van der Waals surface area contributed by atoms with Crippen molar-refractivity contribution in [2.75, 3.05) is 20.6 Å². The van der Waals surface area contributed by atoms with Gasteiger partial charge >= 0.3 is 0 Å². The van der Waals surface area contributed by atoms with E-state index in [1.165, 1.54) is 5.56 Å². The predicted octanol–water partition coefficient (Wildman–Crippen LogP) is 1.78. The Kier molecular flexibility index (Phi) is 6.68. The third-order valence-corrected chi connectivity index (χ3v) is 3.34. The molecule has 0 saturated carbocycles. The van der Waals surface area contributed by atoms with Gasteiger partial charge in [0.2, 0.25) is 5.91 Å². The van der Waals surface area contributed by atoms with Crippen molar-refractivity contribution in [2.45, 2.75) is 32.4 Å². The van der Waals surface area contributed by atoms with Crippen LogP contribution in [0, 0.1) is 5.92 Å². The lowest BCUT2D eigenvalue weighted by Gasteiger charge is -2.26. The number of carbonyl (C=O) groups is 1. The molecule has 0 aromatic heterocycles. The molecule has 1 aromatic rings. The number of benzene rings is 1. The van der Waals surface area contributed by atoms with Crippen LogP contribution >= 0.6 is 0 Å². The van der Waals surface area contributed by atoms with Gasteiger partial charge in [-0.1, -0.05) is 44.2 Å². The highest BCUT2D eigenvalue weighted by Crippen LogP contribution is 2.16. The van der Waals surface area contributed by atoms with E-state index in [4.69, 9.17) is 5.73 Å². The summed E-state index contributed by atoms with van der Waals surface area (Å²) < 4.78 is 0. The van der Waals surface area contributed by atoms with Crippen LogP contribution in [-0.2, 0) is 4.79 Å². The number of hydrogen-bond donors (Lipinski definition) is 2. The largest absolute Gasteiger partial charge is 0.353 e. The Bertz CT molecular complexity index is 403. The van der Waals surface area contributed by atoms with Crippen molar-refractivity contribution in [1.29, 1.82) is 0 Å². The maximum atomic E-state index is 12.0. The van der Waals surface area contributed by atoms with Gasteiger partial charge in [0, 0.05) is 6.54 Å². The number of likely N-dealkylation sites (N-methyl/N-ethyl adjacent to an activating group) is 1. The van der Waals surface area contributed by atoms with E-state index in [9.17, 15) is 4.79 Å². The van der Waals surface area contributed by atoms with Gasteiger partial charge in [0.05, 0.1) is 12.1 Å². The van der Waals surface area contributed by atoms with Crippen molar-refractivity contribution >= 4 is 5.91 Å². The Labute approximate surface area is 122 Å². The van der Waals surface area contributed by atoms with Crippen LogP contribution in [0.5, 0.6) is 0 Å². The zero-order chi connectivity index (χ0) is 15.1. The molecule has 0 aliphatic heterocycles. The Balaban J connectivity index is 2.58. The van der Waals surface area contributed by atoms with Gasteiger partial charge in [0.15, 0.2) is 0 Å². The van der Waals surface area contributed by atoms with Crippen LogP contribution in [-0.4, -0.2) is 37.5 Å². The fraction of sp³-hybridized carbons (Fsp3) is 0.562. The van der Waals surface area contributed by atoms with Crippen LogP contribution in [0.3, 0.4) is 0 Å². The molecule has 1 rings (SSSR count). The second-order valence-electron chi connectivity index (χ2n) is 5.87. The summed E-state index contributed by atoms with van der Waals surface area (Å²) in [5, 5.41) is 2.96. The van der Waals surface area contributed by atoms with Crippen molar-refractivity contribution in [1.82, 2.24) is 10.2 Å². The molecule has 4 heteroatoms. The highest BCUT2D eigenvalue weighted by atomic mass is 16.2. The van der Waals surface area contributed by atoms with E-state index in [0.717, 1.165) is 0 Å². The normalized spacial score (nSPS) is 14.3. The van der Waals surface area contributed by atoms with Crippen LogP contribution in [0.1, 0.15) is 31.9 Å². The first-order valence-corrected chi connectivity index (χ1v) is 7.16. The first-order valence-electron chi connectivity index (χ1n) is 7.16. The SMILES string of the molecule is CC(C)CC(N)C(=O)NCC(c1ccccc1)N(C)C. The molecule has 0 radical (unpaired) electrons. The summed E-state index contributed by atoms with van der Waals surface area (Å²) in [4.78, 5) is 14.1. The quantitative estimate of drug-likeness (QED) is 0.798.